The van der Waals surface area contributed by atoms with Gasteiger partial charge in [-0.2, -0.15) is 9.97 Å². The molecule has 2 aromatic heterocycles. The van der Waals surface area contributed by atoms with Crippen LogP contribution in [0.25, 0.3) is 0 Å². The number of ether oxygens (including phenoxy) is 2. The Morgan fingerprint density at radius 2 is 2.00 bits per heavy atom. The summed E-state index contributed by atoms with van der Waals surface area (Å²) < 4.78 is 10.3. The van der Waals surface area contributed by atoms with Gasteiger partial charge >= 0.3 is 0 Å². The summed E-state index contributed by atoms with van der Waals surface area (Å²) in [6.45, 7) is 0.202. The lowest BCUT2D eigenvalue weighted by molar-refractivity contribution is 0.102. The van der Waals surface area contributed by atoms with Crippen molar-refractivity contribution in [3.8, 4) is 11.8 Å². The van der Waals surface area contributed by atoms with Gasteiger partial charge in [0, 0.05) is 11.9 Å². The molecular weight excluding hydrogens is 310 g/mol. The van der Waals surface area contributed by atoms with Crippen LogP contribution in [-0.2, 0) is 0 Å². The summed E-state index contributed by atoms with van der Waals surface area (Å²) in [5.41, 5.74) is 2.04. The molecule has 9 nitrogen and oxygen atoms in total. The van der Waals surface area contributed by atoms with Crippen molar-refractivity contribution < 1.29 is 19.4 Å². The number of thiazole rings is 1. The first-order valence-corrected chi connectivity index (χ1v) is 7.18. The third-order valence-electron chi connectivity index (χ3n) is 2.53. The number of rotatable bonds is 7. The predicted octanol–water partition coefficient (Wildman–Crippen LogP) is 0.607. The fraction of sp³-hybridized carbons (Fsp3) is 0.333. The van der Waals surface area contributed by atoms with Gasteiger partial charge in [-0.3, -0.25) is 4.79 Å². The second-order valence-corrected chi connectivity index (χ2v) is 4.64. The van der Waals surface area contributed by atoms with Gasteiger partial charge in [-0.25, -0.2) is 4.98 Å². The molecule has 0 fully saturated rings. The molecule has 0 radical (unpaired) electrons. The summed E-state index contributed by atoms with van der Waals surface area (Å²) in [5.74, 6) is 0.0682. The van der Waals surface area contributed by atoms with Crippen molar-refractivity contribution in [1.29, 1.82) is 0 Å². The number of hydrogen-bond acceptors (Lipinski definition) is 9. The number of aliphatic hydroxyl groups excluding tert-OH is 1. The molecule has 0 aromatic carbocycles. The first kappa shape index (κ1) is 15.9. The highest BCUT2D eigenvalue weighted by Gasteiger charge is 2.20. The zero-order chi connectivity index (χ0) is 15.9. The molecule has 0 saturated carbocycles. The van der Waals surface area contributed by atoms with Gasteiger partial charge in [0.1, 0.15) is 5.69 Å². The van der Waals surface area contributed by atoms with Gasteiger partial charge in [0.05, 0.1) is 26.3 Å². The van der Waals surface area contributed by atoms with E-state index in [9.17, 15) is 4.79 Å². The van der Waals surface area contributed by atoms with Gasteiger partial charge in [-0.15, -0.1) is 11.3 Å². The Labute approximate surface area is 130 Å². The molecule has 0 aliphatic carbocycles. The van der Waals surface area contributed by atoms with Crippen LogP contribution in [0, 0.1) is 0 Å². The number of aliphatic hydroxyl groups is 1. The zero-order valence-corrected chi connectivity index (χ0v) is 12.8. The first-order valence-electron chi connectivity index (χ1n) is 6.23. The molecule has 0 atom stereocenters. The fourth-order valence-corrected chi connectivity index (χ4v) is 2.10. The van der Waals surface area contributed by atoms with Gasteiger partial charge in [0.2, 0.25) is 17.7 Å². The molecule has 0 saturated heterocycles. The third kappa shape index (κ3) is 3.59. The zero-order valence-electron chi connectivity index (χ0n) is 12.0. The number of carbonyl (C=O) groups is 1. The van der Waals surface area contributed by atoms with Crippen molar-refractivity contribution in [2.45, 2.75) is 0 Å². The normalized spacial score (nSPS) is 10.1. The lowest BCUT2D eigenvalue weighted by Gasteiger charge is -2.13. The number of nitrogens with zero attached hydrogens (tertiary/aromatic N) is 3. The monoisotopic (exact) mass is 325 g/mol. The van der Waals surface area contributed by atoms with Crippen molar-refractivity contribution in [3.05, 3.63) is 16.6 Å². The highest BCUT2D eigenvalue weighted by Crippen LogP contribution is 2.32. The molecule has 10 heteroatoms. The van der Waals surface area contributed by atoms with Crippen molar-refractivity contribution in [3.63, 3.8) is 0 Å². The number of methoxy groups -OCH3 is 2. The largest absolute Gasteiger partial charge is 0.479 e. The minimum Gasteiger partial charge on any atom is -0.479 e. The number of amides is 1. The predicted molar refractivity (Wildman–Crippen MR) is 80.8 cm³/mol. The SMILES string of the molecule is COc1nc(NCCO)nc(OC)c1NC(=O)c1cscn1. The van der Waals surface area contributed by atoms with Crippen molar-refractivity contribution in [1.82, 2.24) is 15.0 Å². The Morgan fingerprint density at radius 1 is 1.32 bits per heavy atom. The van der Waals surface area contributed by atoms with Crippen LogP contribution in [0.4, 0.5) is 11.6 Å². The molecule has 2 rings (SSSR count). The van der Waals surface area contributed by atoms with Gasteiger partial charge in [0.25, 0.3) is 5.91 Å². The van der Waals surface area contributed by atoms with E-state index in [2.05, 4.69) is 25.6 Å². The maximum atomic E-state index is 12.1. The molecule has 0 unspecified atom stereocenters. The summed E-state index contributed by atoms with van der Waals surface area (Å²) in [5, 5.41) is 15.8. The Morgan fingerprint density at radius 3 is 2.50 bits per heavy atom. The quantitative estimate of drug-likeness (QED) is 0.677. The molecule has 22 heavy (non-hydrogen) atoms. The Kier molecular flexibility index (Phi) is 5.44. The summed E-state index contributed by atoms with van der Waals surface area (Å²) in [6, 6.07) is 0. The molecule has 0 aliphatic rings. The van der Waals surface area contributed by atoms with E-state index >= 15 is 0 Å². The maximum absolute atomic E-state index is 12.1. The molecule has 3 N–H and O–H groups in total. The standard InChI is InChI=1S/C12H15N5O4S/c1-20-10-8(15-9(19)7-5-22-6-14-7)11(21-2)17-12(16-10)13-3-4-18/h5-6,18H,3-4H2,1-2H3,(H,15,19)(H,13,16,17). The van der Waals surface area contributed by atoms with Crippen molar-refractivity contribution in [2.24, 2.45) is 0 Å². The molecule has 2 heterocycles. The van der Waals surface area contributed by atoms with E-state index in [-0.39, 0.29) is 42.2 Å². The Hall–Kier alpha value is -2.46. The van der Waals surface area contributed by atoms with Crippen LogP contribution in [0.15, 0.2) is 10.9 Å². The van der Waals surface area contributed by atoms with E-state index in [1.807, 2.05) is 0 Å². The van der Waals surface area contributed by atoms with Crippen molar-refractivity contribution in [2.75, 3.05) is 38.0 Å². The smallest absolute Gasteiger partial charge is 0.275 e. The lowest BCUT2D eigenvalue weighted by Crippen LogP contribution is -2.16. The van der Waals surface area contributed by atoms with E-state index in [1.54, 1.807) is 10.9 Å². The topological polar surface area (TPSA) is 118 Å². The molecule has 0 spiro atoms. The summed E-state index contributed by atoms with van der Waals surface area (Å²) >= 11 is 1.31. The van der Waals surface area contributed by atoms with Crippen LogP contribution in [0.2, 0.25) is 0 Å². The van der Waals surface area contributed by atoms with Gasteiger partial charge in [-0.05, 0) is 0 Å². The molecule has 0 bridgehead atoms. The molecule has 2 aromatic rings. The number of hydrogen-bond donors (Lipinski definition) is 3. The van der Waals surface area contributed by atoms with Crippen LogP contribution in [-0.4, -0.2) is 53.3 Å². The second kappa shape index (κ2) is 7.52. The third-order valence-corrected chi connectivity index (χ3v) is 3.11. The van der Waals surface area contributed by atoms with Crippen molar-refractivity contribution >= 4 is 28.9 Å². The Bertz CT molecular complexity index is 609. The highest BCUT2D eigenvalue weighted by molar-refractivity contribution is 7.07. The lowest BCUT2D eigenvalue weighted by atomic mass is 10.4. The van der Waals surface area contributed by atoms with Crippen LogP contribution in [0.5, 0.6) is 11.8 Å². The van der Waals surface area contributed by atoms with Gasteiger partial charge < -0.3 is 25.2 Å². The average molecular weight is 325 g/mol. The summed E-state index contributed by atoms with van der Waals surface area (Å²) in [4.78, 5) is 24.2. The molecule has 0 aliphatic heterocycles. The van der Waals surface area contributed by atoms with E-state index in [1.165, 1.54) is 25.6 Å². The molecular formula is C12H15N5O4S. The van der Waals surface area contributed by atoms with Crippen LogP contribution in [0.1, 0.15) is 10.5 Å². The minimum atomic E-state index is -0.419. The molecule has 118 valence electrons. The van der Waals surface area contributed by atoms with E-state index < -0.39 is 5.91 Å². The van der Waals surface area contributed by atoms with Gasteiger partial charge in [-0.1, -0.05) is 0 Å². The summed E-state index contributed by atoms with van der Waals surface area (Å²) in [6.07, 6.45) is 0. The summed E-state index contributed by atoms with van der Waals surface area (Å²) in [7, 11) is 2.83. The number of nitrogens with one attached hydrogen (secondary N) is 2. The number of anilines is 2. The first-order chi connectivity index (χ1) is 10.7. The van der Waals surface area contributed by atoms with Crippen LogP contribution in [0.3, 0.4) is 0 Å². The van der Waals surface area contributed by atoms with Crippen LogP contribution < -0.4 is 20.1 Å². The number of carbonyl (C=O) groups excluding carboxylic acids is 1. The minimum absolute atomic E-state index is 0.0731. The van der Waals surface area contributed by atoms with E-state index in [0.717, 1.165) is 0 Å². The second-order valence-electron chi connectivity index (χ2n) is 3.92. The Balaban J connectivity index is 2.30. The highest BCUT2D eigenvalue weighted by atomic mass is 32.1. The van der Waals surface area contributed by atoms with Gasteiger partial charge in [0.15, 0.2) is 5.69 Å². The maximum Gasteiger partial charge on any atom is 0.275 e. The fourth-order valence-electron chi connectivity index (χ4n) is 1.57. The average Bonchev–Trinajstić information content (AvgIpc) is 3.07. The van der Waals surface area contributed by atoms with E-state index in [0.29, 0.717) is 0 Å². The van der Waals surface area contributed by atoms with E-state index in [4.69, 9.17) is 14.6 Å². The number of aromatic nitrogens is 3. The molecule has 1 amide bonds. The van der Waals surface area contributed by atoms with Crippen LogP contribution >= 0.6 is 11.3 Å².